The number of nitrogens with one attached hydrogen (secondary N) is 3. The van der Waals surface area contributed by atoms with Gasteiger partial charge in [-0.15, -0.1) is 11.3 Å². The monoisotopic (exact) mass is 417 g/mol. The van der Waals surface area contributed by atoms with Crippen LogP contribution in [0.1, 0.15) is 30.7 Å². The number of likely N-dealkylation sites (tertiary alicyclic amines) is 1. The number of anilines is 1. The highest BCUT2D eigenvalue weighted by Gasteiger charge is 2.24. The van der Waals surface area contributed by atoms with Crippen LogP contribution in [0.5, 0.6) is 0 Å². The highest BCUT2D eigenvalue weighted by molar-refractivity contribution is 7.10. The smallest absolute Gasteiger partial charge is 0.246 e. The van der Waals surface area contributed by atoms with Crippen LogP contribution in [0.2, 0.25) is 0 Å². The molecule has 1 aromatic heterocycles. The molecule has 0 aliphatic carbocycles. The van der Waals surface area contributed by atoms with Crippen molar-refractivity contribution in [3.8, 4) is 0 Å². The van der Waals surface area contributed by atoms with E-state index in [0.29, 0.717) is 24.2 Å². The quantitative estimate of drug-likeness (QED) is 0.456. The number of rotatable bonds is 8. The topological polar surface area (TPSA) is 68.8 Å². The van der Waals surface area contributed by atoms with Gasteiger partial charge in [0.25, 0.3) is 0 Å². The molecular formula is C21H28FN5OS. The lowest BCUT2D eigenvalue weighted by atomic mass is 10.2. The molecule has 6 nitrogen and oxygen atoms in total. The van der Waals surface area contributed by atoms with Gasteiger partial charge in [-0.05, 0) is 68.6 Å². The average molecular weight is 418 g/mol. The number of aliphatic imine (C=N–C) groups is 1. The van der Waals surface area contributed by atoms with Crippen LogP contribution in [-0.2, 0) is 4.79 Å². The first kappa shape index (κ1) is 21.3. The van der Waals surface area contributed by atoms with Crippen LogP contribution in [0, 0.1) is 5.82 Å². The highest BCUT2D eigenvalue weighted by atomic mass is 32.1. The van der Waals surface area contributed by atoms with Gasteiger partial charge in [-0.2, -0.15) is 0 Å². The molecule has 0 spiro atoms. The number of carbonyl (C=O) groups excluding carboxylic acids is 1. The summed E-state index contributed by atoms with van der Waals surface area (Å²) in [5, 5.41) is 11.4. The fourth-order valence-corrected chi connectivity index (χ4v) is 4.22. The molecule has 156 valence electrons. The first-order valence-electron chi connectivity index (χ1n) is 10.0. The Balaban J connectivity index is 1.57. The van der Waals surface area contributed by atoms with E-state index in [1.807, 2.05) is 6.92 Å². The Morgan fingerprint density at radius 1 is 1.21 bits per heavy atom. The van der Waals surface area contributed by atoms with Crippen LogP contribution in [0.4, 0.5) is 10.1 Å². The molecule has 29 heavy (non-hydrogen) atoms. The summed E-state index contributed by atoms with van der Waals surface area (Å²) in [7, 11) is 0. The molecule has 1 aliphatic rings. The second-order valence-corrected chi connectivity index (χ2v) is 7.88. The number of amides is 1. The van der Waals surface area contributed by atoms with E-state index in [4.69, 9.17) is 0 Å². The zero-order chi connectivity index (χ0) is 20.5. The van der Waals surface area contributed by atoms with Crippen molar-refractivity contribution in [1.82, 2.24) is 15.5 Å². The molecule has 1 aliphatic heterocycles. The summed E-state index contributed by atoms with van der Waals surface area (Å²) in [4.78, 5) is 20.4. The maximum Gasteiger partial charge on any atom is 0.246 e. The molecular weight excluding hydrogens is 389 g/mol. The Kier molecular flexibility index (Phi) is 8.01. The molecule has 1 amide bonds. The third-order valence-corrected chi connectivity index (χ3v) is 5.74. The Morgan fingerprint density at radius 3 is 2.62 bits per heavy atom. The number of hydrogen-bond donors (Lipinski definition) is 3. The Labute approximate surface area is 175 Å². The summed E-state index contributed by atoms with van der Waals surface area (Å²) in [6.07, 6.45) is 2.47. The predicted molar refractivity (Wildman–Crippen MR) is 117 cm³/mol. The molecule has 0 radical (unpaired) electrons. The van der Waals surface area contributed by atoms with Gasteiger partial charge in [0.05, 0.1) is 6.04 Å². The zero-order valence-electron chi connectivity index (χ0n) is 16.7. The minimum absolute atomic E-state index is 0.0138. The number of halogens is 1. The van der Waals surface area contributed by atoms with Crippen LogP contribution >= 0.6 is 11.3 Å². The molecule has 0 bridgehead atoms. The summed E-state index contributed by atoms with van der Waals surface area (Å²) in [6, 6.07) is 10.2. The molecule has 2 aromatic rings. The van der Waals surface area contributed by atoms with Gasteiger partial charge in [-0.25, -0.2) is 9.38 Å². The van der Waals surface area contributed by atoms with Crippen LogP contribution in [0.25, 0.3) is 0 Å². The van der Waals surface area contributed by atoms with Crippen LogP contribution in [0.15, 0.2) is 46.8 Å². The van der Waals surface area contributed by atoms with Crippen molar-refractivity contribution in [3.05, 3.63) is 52.5 Å². The van der Waals surface area contributed by atoms with Gasteiger partial charge in [0.2, 0.25) is 5.91 Å². The standard InChI is InChI=1S/C21H28FN5OS/c1-2-23-21(25-15-20(28)26-17-9-7-16(22)8-10-17)24-14-18(19-6-5-13-29-19)27-11-3-4-12-27/h5-10,13,18H,2-4,11-12,14-15H2,1H3,(H,26,28)(H2,23,24,25). The molecule has 2 heterocycles. The molecule has 1 atom stereocenters. The number of benzene rings is 1. The first-order chi connectivity index (χ1) is 14.2. The van der Waals surface area contributed by atoms with Gasteiger partial charge in [0.1, 0.15) is 12.4 Å². The normalized spacial score (nSPS) is 15.9. The van der Waals surface area contributed by atoms with E-state index in [9.17, 15) is 9.18 Å². The molecule has 0 saturated carbocycles. The van der Waals surface area contributed by atoms with Crippen molar-refractivity contribution in [1.29, 1.82) is 0 Å². The van der Waals surface area contributed by atoms with Crippen molar-refractivity contribution in [2.45, 2.75) is 25.8 Å². The number of guanidine groups is 1. The SMILES string of the molecule is CCNC(=NCC(=O)Nc1ccc(F)cc1)NCC(c1cccs1)N1CCCC1. The van der Waals surface area contributed by atoms with Crippen molar-refractivity contribution in [3.63, 3.8) is 0 Å². The van der Waals surface area contributed by atoms with Crippen LogP contribution in [-0.4, -0.2) is 49.5 Å². The number of nitrogens with zero attached hydrogens (tertiary/aromatic N) is 2. The fraction of sp³-hybridized carbons (Fsp3) is 0.429. The van der Waals surface area contributed by atoms with E-state index >= 15 is 0 Å². The van der Waals surface area contributed by atoms with Gasteiger partial charge >= 0.3 is 0 Å². The third-order valence-electron chi connectivity index (χ3n) is 4.77. The summed E-state index contributed by atoms with van der Waals surface area (Å²) >= 11 is 1.77. The Morgan fingerprint density at radius 2 is 1.97 bits per heavy atom. The minimum Gasteiger partial charge on any atom is -0.357 e. The van der Waals surface area contributed by atoms with E-state index in [-0.39, 0.29) is 18.3 Å². The summed E-state index contributed by atoms with van der Waals surface area (Å²) in [6.45, 7) is 5.63. The lowest BCUT2D eigenvalue weighted by molar-refractivity contribution is -0.114. The number of hydrogen-bond acceptors (Lipinski definition) is 4. The minimum atomic E-state index is -0.335. The fourth-order valence-electron chi connectivity index (χ4n) is 3.36. The second-order valence-electron chi connectivity index (χ2n) is 6.91. The maximum atomic E-state index is 13.0. The van der Waals surface area contributed by atoms with Crippen LogP contribution < -0.4 is 16.0 Å². The first-order valence-corrected chi connectivity index (χ1v) is 10.9. The van der Waals surface area contributed by atoms with Gasteiger partial charge in [0.15, 0.2) is 5.96 Å². The van der Waals surface area contributed by atoms with E-state index in [1.165, 1.54) is 42.0 Å². The van der Waals surface area contributed by atoms with Gasteiger partial charge in [-0.3, -0.25) is 9.69 Å². The molecule has 1 unspecified atom stereocenters. The van der Waals surface area contributed by atoms with Crippen molar-refractivity contribution < 1.29 is 9.18 Å². The average Bonchev–Trinajstić information content (AvgIpc) is 3.43. The summed E-state index contributed by atoms with van der Waals surface area (Å²) in [5.41, 5.74) is 0.552. The molecule has 3 N–H and O–H groups in total. The Hall–Kier alpha value is -2.45. The molecule has 1 aromatic carbocycles. The van der Waals surface area contributed by atoms with Gasteiger partial charge in [-0.1, -0.05) is 6.07 Å². The maximum absolute atomic E-state index is 13.0. The predicted octanol–water partition coefficient (Wildman–Crippen LogP) is 3.22. The lowest BCUT2D eigenvalue weighted by Gasteiger charge is -2.27. The van der Waals surface area contributed by atoms with E-state index in [0.717, 1.165) is 19.6 Å². The van der Waals surface area contributed by atoms with E-state index < -0.39 is 0 Å². The molecule has 8 heteroatoms. The van der Waals surface area contributed by atoms with E-state index in [2.05, 4.69) is 43.4 Å². The van der Waals surface area contributed by atoms with E-state index in [1.54, 1.807) is 11.3 Å². The summed E-state index contributed by atoms with van der Waals surface area (Å²) < 4.78 is 13.0. The van der Waals surface area contributed by atoms with Gasteiger partial charge < -0.3 is 16.0 Å². The third kappa shape index (κ3) is 6.54. The second kappa shape index (κ2) is 10.9. The molecule has 3 rings (SSSR count). The van der Waals surface area contributed by atoms with Crippen molar-refractivity contribution >= 4 is 28.9 Å². The number of thiophene rings is 1. The zero-order valence-corrected chi connectivity index (χ0v) is 17.5. The number of carbonyl (C=O) groups is 1. The van der Waals surface area contributed by atoms with Crippen molar-refractivity contribution in [2.75, 3.05) is 38.0 Å². The van der Waals surface area contributed by atoms with Crippen molar-refractivity contribution in [2.24, 2.45) is 4.99 Å². The molecule has 1 fully saturated rings. The van der Waals surface area contributed by atoms with Crippen LogP contribution in [0.3, 0.4) is 0 Å². The Bertz CT molecular complexity index is 788. The highest BCUT2D eigenvalue weighted by Crippen LogP contribution is 2.27. The summed E-state index contributed by atoms with van der Waals surface area (Å²) in [5.74, 6) is 0.0311. The lowest BCUT2D eigenvalue weighted by Crippen LogP contribution is -2.43. The van der Waals surface area contributed by atoms with Gasteiger partial charge in [0, 0.05) is 23.7 Å². The molecule has 1 saturated heterocycles. The largest absolute Gasteiger partial charge is 0.357 e.